The van der Waals surface area contributed by atoms with E-state index in [2.05, 4.69) is 140 Å². The van der Waals surface area contributed by atoms with E-state index in [9.17, 15) is 0 Å². The Bertz CT molecular complexity index is 2370. The third-order valence-electron chi connectivity index (χ3n) is 9.13. The van der Waals surface area contributed by atoms with Gasteiger partial charge in [0, 0.05) is 22.3 Å². The van der Waals surface area contributed by atoms with E-state index in [0.717, 1.165) is 44.5 Å². The molecule has 1 heterocycles. The van der Waals surface area contributed by atoms with Crippen molar-refractivity contribution in [3.63, 3.8) is 0 Å². The fraction of sp³-hybridized carbons (Fsp3) is 0. The Morgan fingerprint density at radius 2 is 0.542 bits per heavy atom. The van der Waals surface area contributed by atoms with Crippen LogP contribution in [0.2, 0.25) is 0 Å². The van der Waals surface area contributed by atoms with E-state index in [1.54, 1.807) is 0 Å². The second-order valence-electron chi connectivity index (χ2n) is 12.0. The van der Waals surface area contributed by atoms with Crippen molar-refractivity contribution in [2.45, 2.75) is 0 Å². The van der Waals surface area contributed by atoms with Crippen LogP contribution in [-0.4, -0.2) is 15.0 Å². The van der Waals surface area contributed by atoms with Crippen LogP contribution < -0.4 is 0 Å². The Morgan fingerprint density at radius 1 is 0.208 bits per heavy atom. The number of fused-ring (bicyclic) bond motifs is 8. The van der Waals surface area contributed by atoms with Crippen molar-refractivity contribution in [2.24, 2.45) is 0 Å². The summed E-state index contributed by atoms with van der Waals surface area (Å²) < 4.78 is 0. The summed E-state index contributed by atoms with van der Waals surface area (Å²) in [7, 11) is 0. The van der Waals surface area contributed by atoms with Gasteiger partial charge in [-0.3, -0.25) is 0 Å². The van der Waals surface area contributed by atoms with Crippen LogP contribution in [0.15, 0.2) is 176 Å². The van der Waals surface area contributed by atoms with Gasteiger partial charge >= 0.3 is 0 Å². The van der Waals surface area contributed by atoms with Crippen LogP contribution in [0.3, 0.4) is 0 Å². The van der Waals surface area contributed by atoms with Crippen molar-refractivity contribution in [1.82, 2.24) is 15.0 Å². The molecule has 1 aliphatic carbocycles. The van der Waals surface area contributed by atoms with Crippen molar-refractivity contribution < 1.29 is 0 Å². The quantitative estimate of drug-likeness (QED) is 0.199. The highest BCUT2D eigenvalue weighted by molar-refractivity contribution is 6.09. The number of nitrogens with zero attached hydrogens (tertiary/aromatic N) is 3. The molecule has 0 fully saturated rings. The standard InChI is InChI=1S/C45H29N3/c1-4-16-30(17-5-1)33-28-29-40-38-26-13-12-24-36(38)34-22-10-11-23-35(34)37-25-14-15-27-39(37)41(40)42(33)45-47-43(31-18-6-2-7-19-31)46-44(48-45)32-20-8-3-9-21-32/h1-29H. The molecule has 0 unspecified atom stereocenters. The minimum absolute atomic E-state index is 0.638. The van der Waals surface area contributed by atoms with Gasteiger partial charge in [-0.2, -0.15) is 0 Å². The predicted octanol–water partition coefficient (Wildman–Crippen LogP) is 11.5. The smallest absolute Gasteiger partial charge is 0.165 e. The molecule has 8 aromatic rings. The number of rotatable bonds is 4. The van der Waals surface area contributed by atoms with Crippen molar-refractivity contribution >= 4 is 0 Å². The maximum Gasteiger partial charge on any atom is 0.165 e. The molecule has 7 aromatic carbocycles. The van der Waals surface area contributed by atoms with Gasteiger partial charge < -0.3 is 0 Å². The summed E-state index contributed by atoms with van der Waals surface area (Å²) >= 11 is 0. The predicted molar refractivity (Wildman–Crippen MR) is 197 cm³/mol. The van der Waals surface area contributed by atoms with E-state index in [4.69, 9.17) is 15.0 Å². The Labute approximate surface area is 279 Å². The molecule has 0 N–H and O–H groups in total. The Hall–Kier alpha value is -6.45. The lowest BCUT2D eigenvalue weighted by atomic mass is 9.77. The summed E-state index contributed by atoms with van der Waals surface area (Å²) in [5.74, 6) is 1.92. The van der Waals surface area contributed by atoms with Crippen LogP contribution in [0.4, 0.5) is 0 Å². The van der Waals surface area contributed by atoms with Gasteiger partial charge in [-0.05, 0) is 50.1 Å². The molecule has 0 aliphatic heterocycles. The zero-order valence-electron chi connectivity index (χ0n) is 26.1. The number of benzene rings is 7. The summed E-state index contributed by atoms with van der Waals surface area (Å²) in [5.41, 5.74) is 14.4. The SMILES string of the molecule is c1ccc(-c2nc(-c3ccccc3)nc(-c3c(-c4ccccc4)ccc4c3-c3ccccc3-c3ccccc3-c3ccccc3-4)n2)cc1. The van der Waals surface area contributed by atoms with Gasteiger partial charge in [0.05, 0.1) is 0 Å². The lowest BCUT2D eigenvalue weighted by Crippen LogP contribution is -2.04. The molecule has 48 heavy (non-hydrogen) atoms. The maximum absolute atomic E-state index is 5.30. The topological polar surface area (TPSA) is 38.7 Å². The molecule has 0 bridgehead atoms. The summed E-state index contributed by atoms with van der Waals surface area (Å²) in [5, 5.41) is 0. The number of aromatic nitrogens is 3. The van der Waals surface area contributed by atoms with Crippen LogP contribution in [0.1, 0.15) is 0 Å². The summed E-state index contributed by atoms with van der Waals surface area (Å²) in [4.78, 5) is 15.6. The van der Waals surface area contributed by atoms with Gasteiger partial charge in [-0.15, -0.1) is 0 Å². The Kier molecular flexibility index (Phi) is 6.80. The highest BCUT2D eigenvalue weighted by Gasteiger charge is 2.28. The van der Waals surface area contributed by atoms with E-state index < -0.39 is 0 Å². The van der Waals surface area contributed by atoms with Gasteiger partial charge in [0.25, 0.3) is 0 Å². The molecule has 0 saturated heterocycles. The molecule has 224 valence electrons. The average Bonchev–Trinajstić information content (AvgIpc) is 3.17. The fourth-order valence-corrected chi connectivity index (χ4v) is 6.96. The van der Waals surface area contributed by atoms with E-state index in [1.165, 1.54) is 27.8 Å². The van der Waals surface area contributed by atoms with Crippen molar-refractivity contribution in [3.8, 4) is 89.8 Å². The van der Waals surface area contributed by atoms with Gasteiger partial charge in [-0.1, -0.05) is 176 Å². The van der Waals surface area contributed by atoms with Gasteiger partial charge in [0.15, 0.2) is 17.5 Å². The highest BCUT2D eigenvalue weighted by atomic mass is 15.0. The summed E-state index contributed by atoms with van der Waals surface area (Å²) in [6.07, 6.45) is 0. The van der Waals surface area contributed by atoms with Crippen LogP contribution in [-0.2, 0) is 0 Å². The monoisotopic (exact) mass is 611 g/mol. The largest absolute Gasteiger partial charge is 0.208 e. The van der Waals surface area contributed by atoms with E-state index in [1.807, 2.05) is 36.4 Å². The molecule has 0 spiro atoms. The van der Waals surface area contributed by atoms with Crippen LogP contribution in [0.25, 0.3) is 89.8 Å². The molecule has 1 aliphatic rings. The first-order valence-electron chi connectivity index (χ1n) is 16.2. The third-order valence-corrected chi connectivity index (χ3v) is 9.13. The van der Waals surface area contributed by atoms with Crippen molar-refractivity contribution in [1.29, 1.82) is 0 Å². The molecule has 0 saturated carbocycles. The normalized spacial score (nSPS) is 11.3. The summed E-state index contributed by atoms with van der Waals surface area (Å²) in [6, 6.07) is 61.7. The van der Waals surface area contributed by atoms with Gasteiger partial charge in [0.1, 0.15) is 0 Å². The zero-order valence-corrected chi connectivity index (χ0v) is 26.1. The molecular formula is C45H29N3. The zero-order chi connectivity index (χ0) is 31.9. The second-order valence-corrected chi connectivity index (χ2v) is 12.0. The third kappa shape index (κ3) is 4.72. The second kappa shape index (κ2) is 11.7. The molecule has 3 heteroatoms. The highest BCUT2D eigenvalue weighted by Crippen LogP contribution is 2.52. The number of hydrogen-bond acceptors (Lipinski definition) is 3. The van der Waals surface area contributed by atoms with Gasteiger partial charge in [-0.25, -0.2) is 15.0 Å². The first-order chi connectivity index (χ1) is 23.8. The molecule has 0 radical (unpaired) electrons. The van der Waals surface area contributed by atoms with Crippen molar-refractivity contribution in [3.05, 3.63) is 176 Å². The molecule has 9 rings (SSSR count). The first-order valence-corrected chi connectivity index (χ1v) is 16.2. The van der Waals surface area contributed by atoms with Crippen molar-refractivity contribution in [2.75, 3.05) is 0 Å². The Morgan fingerprint density at radius 3 is 1.02 bits per heavy atom. The van der Waals surface area contributed by atoms with E-state index in [-0.39, 0.29) is 0 Å². The molecule has 0 amide bonds. The molecule has 1 aromatic heterocycles. The van der Waals surface area contributed by atoms with Crippen LogP contribution >= 0.6 is 0 Å². The van der Waals surface area contributed by atoms with E-state index in [0.29, 0.717) is 17.5 Å². The van der Waals surface area contributed by atoms with Crippen LogP contribution in [0, 0.1) is 0 Å². The maximum atomic E-state index is 5.30. The first kappa shape index (κ1) is 27.8. The summed E-state index contributed by atoms with van der Waals surface area (Å²) in [6.45, 7) is 0. The minimum Gasteiger partial charge on any atom is -0.208 e. The molecule has 3 nitrogen and oxygen atoms in total. The lowest BCUT2D eigenvalue weighted by Gasteiger charge is -2.26. The number of hydrogen-bond donors (Lipinski definition) is 0. The molecular weight excluding hydrogens is 583 g/mol. The van der Waals surface area contributed by atoms with Gasteiger partial charge in [0.2, 0.25) is 0 Å². The molecule has 0 atom stereocenters. The minimum atomic E-state index is 0.638. The van der Waals surface area contributed by atoms with E-state index >= 15 is 0 Å². The Balaban J connectivity index is 1.45. The van der Waals surface area contributed by atoms with Crippen LogP contribution in [0.5, 0.6) is 0 Å². The average molecular weight is 612 g/mol. The fourth-order valence-electron chi connectivity index (χ4n) is 6.96. The lowest BCUT2D eigenvalue weighted by molar-refractivity contribution is 1.07.